The fourth-order valence-corrected chi connectivity index (χ4v) is 3.46. The number of hydrogen-bond donors (Lipinski definition) is 0. The summed E-state index contributed by atoms with van der Waals surface area (Å²) in [5.41, 5.74) is 5.71. The van der Waals surface area contributed by atoms with Crippen LogP contribution in [0.1, 0.15) is 22.4 Å². The van der Waals surface area contributed by atoms with E-state index in [1.54, 1.807) is 0 Å². The summed E-state index contributed by atoms with van der Waals surface area (Å²) >= 11 is 0. The number of pyridine rings is 1. The van der Waals surface area contributed by atoms with Crippen LogP contribution >= 0.6 is 12.4 Å². The lowest BCUT2D eigenvalue weighted by Gasteiger charge is -2.10. The van der Waals surface area contributed by atoms with Crippen molar-refractivity contribution >= 4 is 34.3 Å². The summed E-state index contributed by atoms with van der Waals surface area (Å²) in [4.78, 5) is 18.8. The number of nitrogens with zero attached hydrogens (tertiary/aromatic N) is 2. The van der Waals surface area contributed by atoms with Crippen LogP contribution in [0.4, 0.5) is 0 Å². The molecule has 0 aliphatic carbocycles. The van der Waals surface area contributed by atoms with Crippen LogP contribution in [-0.2, 0) is 6.54 Å². The molecule has 0 radical (unpaired) electrons. The molecule has 5 nitrogen and oxygen atoms in total. The number of furan rings is 1. The zero-order valence-corrected chi connectivity index (χ0v) is 17.4. The minimum absolute atomic E-state index is 0. The Kier molecular flexibility index (Phi) is 5.33. The molecule has 3 aromatic heterocycles. The molecule has 0 saturated carbocycles. The molecular formula is C22H23ClN2O3. The average molecular weight is 399 g/mol. The smallest absolute Gasteiger partial charge is 0.336 e. The molecule has 6 heteroatoms. The maximum Gasteiger partial charge on any atom is 0.336 e. The van der Waals surface area contributed by atoms with Crippen LogP contribution in [0.3, 0.4) is 0 Å². The van der Waals surface area contributed by atoms with Gasteiger partial charge in [-0.05, 0) is 57.6 Å². The first-order valence-electron chi connectivity index (χ1n) is 8.92. The molecule has 0 spiro atoms. The van der Waals surface area contributed by atoms with E-state index < -0.39 is 0 Å². The Balaban J connectivity index is 0.00000225. The number of hydrogen-bond acceptors (Lipinski definition) is 5. The van der Waals surface area contributed by atoms with Gasteiger partial charge in [-0.3, -0.25) is 4.98 Å². The first-order chi connectivity index (χ1) is 12.8. The Morgan fingerprint density at radius 3 is 2.46 bits per heavy atom. The molecule has 3 heterocycles. The lowest BCUT2D eigenvalue weighted by molar-refractivity contribution is 0.403. The van der Waals surface area contributed by atoms with Crippen molar-refractivity contribution in [2.24, 2.45) is 0 Å². The predicted octanol–water partition coefficient (Wildman–Crippen LogP) is 5.01. The SMILES string of the molecule is Cc1ccc2c(-c3cc4c(CN(C)C)cnc(C)c4o3)cc(=O)oc2c1C.Cl. The fourth-order valence-electron chi connectivity index (χ4n) is 3.46. The van der Waals surface area contributed by atoms with Crippen LogP contribution in [0.5, 0.6) is 0 Å². The zero-order valence-electron chi connectivity index (χ0n) is 16.6. The second-order valence-corrected chi connectivity index (χ2v) is 7.32. The van der Waals surface area contributed by atoms with E-state index in [2.05, 4.69) is 9.88 Å². The van der Waals surface area contributed by atoms with Gasteiger partial charge in [0.2, 0.25) is 0 Å². The van der Waals surface area contributed by atoms with E-state index in [0.29, 0.717) is 11.3 Å². The van der Waals surface area contributed by atoms with Gasteiger partial charge in [0, 0.05) is 35.1 Å². The number of halogens is 1. The fraction of sp³-hybridized carbons (Fsp3) is 0.273. The molecule has 0 bridgehead atoms. The first-order valence-corrected chi connectivity index (χ1v) is 8.92. The average Bonchev–Trinajstić information content (AvgIpc) is 3.06. The van der Waals surface area contributed by atoms with Crippen molar-refractivity contribution in [2.45, 2.75) is 27.3 Å². The van der Waals surface area contributed by atoms with Gasteiger partial charge in [-0.15, -0.1) is 12.4 Å². The Labute approximate surface area is 169 Å². The van der Waals surface area contributed by atoms with Gasteiger partial charge < -0.3 is 13.7 Å². The molecule has 0 unspecified atom stereocenters. The lowest BCUT2D eigenvalue weighted by Crippen LogP contribution is -2.11. The van der Waals surface area contributed by atoms with Crippen LogP contribution < -0.4 is 5.63 Å². The molecular weight excluding hydrogens is 376 g/mol. The van der Waals surface area contributed by atoms with Crippen molar-refractivity contribution in [1.29, 1.82) is 0 Å². The van der Waals surface area contributed by atoms with E-state index in [1.807, 2.05) is 59.3 Å². The van der Waals surface area contributed by atoms with Crippen molar-refractivity contribution in [1.82, 2.24) is 9.88 Å². The second kappa shape index (κ2) is 7.41. The second-order valence-electron chi connectivity index (χ2n) is 7.32. The van der Waals surface area contributed by atoms with Gasteiger partial charge in [0.15, 0.2) is 5.58 Å². The summed E-state index contributed by atoms with van der Waals surface area (Å²) in [5, 5.41) is 1.90. The van der Waals surface area contributed by atoms with Gasteiger partial charge in [-0.25, -0.2) is 4.79 Å². The van der Waals surface area contributed by atoms with Crippen molar-refractivity contribution in [3.05, 3.63) is 63.3 Å². The highest BCUT2D eigenvalue weighted by Crippen LogP contribution is 2.35. The number of rotatable bonds is 3. The van der Waals surface area contributed by atoms with Gasteiger partial charge in [-0.2, -0.15) is 0 Å². The first kappa shape index (κ1) is 20.1. The summed E-state index contributed by atoms with van der Waals surface area (Å²) in [5.74, 6) is 0.655. The molecule has 0 fully saturated rings. The minimum atomic E-state index is -0.380. The molecule has 0 N–H and O–H groups in total. The minimum Gasteiger partial charge on any atom is -0.454 e. The third-order valence-electron chi connectivity index (χ3n) is 5.00. The van der Waals surface area contributed by atoms with E-state index in [4.69, 9.17) is 8.83 Å². The standard InChI is InChI=1S/C22H22N2O3.ClH/c1-12-6-7-16-18(9-20(25)27-21(16)13(12)2)19-8-17-15(11-24(4)5)10-23-14(3)22(17)26-19;/h6-10H,11H2,1-5H3;1H. The Hall–Kier alpha value is -2.63. The van der Waals surface area contributed by atoms with Crippen LogP contribution in [0.2, 0.25) is 0 Å². The van der Waals surface area contributed by atoms with Crippen molar-refractivity contribution in [3.8, 4) is 11.3 Å². The zero-order chi connectivity index (χ0) is 19.3. The highest BCUT2D eigenvalue weighted by Gasteiger charge is 2.17. The molecule has 1 aromatic carbocycles. The normalized spacial score (nSPS) is 11.4. The summed E-state index contributed by atoms with van der Waals surface area (Å²) in [6, 6.07) is 7.53. The van der Waals surface area contributed by atoms with E-state index >= 15 is 0 Å². The van der Waals surface area contributed by atoms with Gasteiger partial charge in [0.25, 0.3) is 0 Å². The van der Waals surface area contributed by atoms with Crippen molar-refractivity contribution < 1.29 is 8.83 Å². The van der Waals surface area contributed by atoms with Crippen molar-refractivity contribution in [3.63, 3.8) is 0 Å². The molecule has 0 saturated heterocycles. The summed E-state index contributed by atoms with van der Waals surface area (Å²) in [6.07, 6.45) is 1.89. The van der Waals surface area contributed by atoms with Crippen LogP contribution in [0.25, 0.3) is 33.3 Å². The number of benzene rings is 1. The van der Waals surface area contributed by atoms with Crippen LogP contribution in [0, 0.1) is 20.8 Å². The third kappa shape index (κ3) is 3.32. The number of aromatic nitrogens is 1. The highest BCUT2D eigenvalue weighted by molar-refractivity contribution is 5.97. The Morgan fingerprint density at radius 1 is 1.00 bits per heavy atom. The molecule has 0 atom stereocenters. The van der Waals surface area contributed by atoms with E-state index in [0.717, 1.165) is 50.8 Å². The topological polar surface area (TPSA) is 59.5 Å². The molecule has 0 aliphatic heterocycles. The van der Waals surface area contributed by atoms with E-state index in [-0.39, 0.29) is 18.0 Å². The molecule has 28 heavy (non-hydrogen) atoms. The summed E-state index contributed by atoms with van der Waals surface area (Å²) < 4.78 is 11.7. The van der Waals surface area contributed by atoms with Gasteiger partial charge >= 0.3 is 5.63 Å². The highest BCUT2D eigenvalue weighted by atomic mass is 35.5. The summed E-state index contributed by atoms with van der Waals surface area (Å²) in [6.45, 7) is 6.66. The summed E-state index contributed by atoms with van der Waals surface area (Å²) in [7, 11) is 4.04. The molecule has 0 aliphatic rings. The molecule has 0 amide bonds. The maximum atomic E-state index is 12.2. The third-order valence-corrected chi connectivity index (χ3v) is 5.00. The lowest BCUT2D eigenvalue weighted by atomic mass is 10.0. The van der Waals surface area contributed by atoms with Crippen molar-refractivity contribution in [2.75, 3.05) is 14.1 Å². The van der Waals surface area contributed by atoms with E-state index in [9.17, 15) is 4.79 Å². The molecule has 146 valence electrons. The monoisotopic (exact) mass is 398 g/mol. The number of aryl methyl sites for hydroxylation is 3. The van der Waals surface area contributed by atoms with E-state index in [1.165, 1.54) is 6.07 Å². The van der Waals surface area contributed by atoms with Gasteiger partial charge in [0.05, 0.1) is 5.69 Å². The predicted molar refractivity (Wildman–Crippen MR) is 114 cm³/mol. The molecule has 4 aromatic rings. The largest absolute Gasteiger partial charge is 0.454 e. The van der Waals surface area contributed by atoms with Gasteiger partial charge in [0.1, 0.15) is 11.3 Å². The van der Waals surface area contributed by atoms with Crippen LogP contribution in [-0.4, -0.2) is 24.0 Å². The van der Waals surface area contributed by atoms with Gasteiger partial charge in [-0.1, -0.05) is 12.1 Å². The maximum absolute atomic E-state index is 12.2. The Morgan fingerprint density at radius 2 is 1.75 bits per heavy atom. The molecule has 4 rings (SSSR count). The Bertz CT molecular complexity index is 1240. The van der Waals surface area contributed by atoms with Crippen LogP contribution in [0.15, 0.2) is 44.1 Å². The number of fused-ring (bicyclic) bond motifs is 2. The quantitative estimate of drug-likeness (QED) is 0.454.